The fourth-order valence-corrected chi connectivity index (χ4v) is 3.42. The number of hydrogen-bond acceptors (Lipinski definition) is 9. The molecule has 0 saturated carbocycles. The highest BCUT2D eigenvalue weighted by Crippen LogP contribution is 2.37. The van der Waals surface area contributed by atoms with Crippen molar-refractivity contribution in [3.63, 3.8) is 0 Å². The van der Waals surface area contributed by atoms with Crippen LogP contribution >= 0.6 is 34.5 Å². The summed E-state index contributed by atoms with van der Waals surface area (Å²) in [4.78, 5) is 32.3. The van der Waals surface area contributed by atoms with E-state index in [1.54, 1.807) is 0 Å². The number of anilines is 1. The second-order valence-corrected chi connectivity index (χ2v) is 7.14. The number of nitro benzene ring substituents is 2. The van der Waals surface area contributed by atoms with Gasteiger partial charge in [-0.15, -0.1) is 16.4 Å². The molecule has 14 heteroatoms. The van der Waals surface area contributed by atoms with Gasteiger partial charge in [0.25, 0.3) is 23.2 Å². The van der Waals surface area contributed by atoms with Crippen molar-refractivity contribution in [2.45, 2.75) is 0 Å². The van der Waals surface area contributed by atoms with E-state index < -0.39 is 27.1 Å². The number of aromatic nitrogens is 2. The standard InChI is InChI=1S/C13H5Cl2N5O6S/c14-9-4-8(10(15)27-9)12-17-18-13(26-12)16-11(21)5-1-6(19(22)23)3-7(2-5)20(24)25/h1-4H,(H,16,18,21). The first-order chi connectivity index (χ1) is 12.7. The summed E-state index contributed by atoms with van der Waals surface area (Å²) < 4.78 is 5.95. The summed E-state index contributed by atoms with van der Waals surface area (Å²) in [6, 6.07) is 3.67. The van der Waals surface area contributed by atoms with E-state index >= 15 is 0 Å². The van der Waals surface area contributed by atoms with Gasteiger partial charge in [-0.25, -0.2) is 0 Å². The topological polar surface area (TPSA) is 154 Å². The van der Waals surface area contributed by atoms with Crippen molar-refractivity contribution in [2.75, 3.05) is 5.32 Å². The Labute approximate surface area is 162 Å². The molecule has 0 radical (unpaired) electrons. The first-order valence-corrected chi connectivity index (χ1v) is 8.36. The van der Waals surface area contributed by atoms with Gasteiger partial charge < -0.3 is 4.42 Å². The van der Waals surface area contributed by atoms with Gasteiger partial charge in [0.05, 0.1) is 31.4 Å². The Balaban J connectivity index is 1.87. The Kier molecular flexibility index (Phi) is 5.03. The molecular formula is C13H5Cl2N5O6S. The average molecular weight is 430 g/mol. The summed E-state index contributed by atoms with van der Waals surface area (Å²) in [5.74, 6) is -0.921. The number of benzene rings is 1. The number of non-ortho nitro benzene ring substituents is 2. The molecule has 2 aromatic heterocycles. The summed E-state index contributed by atoms with van der Waals surface area (Å²) in [7, 11) is 0. The number of nitrogens with zero attached hydrogens (tertiary/aromatic N) is 4. The van der Waals surface area contributed by atoms with E-state index in [-0.39, 0.29) is 17.5 Å². The quantitative estimate of drug-likeness (QED) is 0.467. The van der Waals surface area contributed by atoms with Gasteiger partial charge in [0.15, 0.2) is 0 Å². The lowest BCUT2D eigenvalue weighted by atomic mass is 10.1. The lowest BCUT2D eigenvalue weighted by Crippen LogP contribution is -2.13. The Bertz CT molecular complexity index is 1050. The SMILES string of the molecule is O=C(Nc1nnc(-c2cc(Cl)sc2Cl)o1)c1cc([N+](=O)[O-])cc([N+](=O)[O-])c1. The molecule has 0 bridgehead atoms. The number of thiophene rings is 1. The molecular weight excluding hydrogens is 425 g/mol. The molecule has 3 aromatic rings. The molecule has 138 valence electrons. The monoisotopic (exact) mass is 429 g/mol. The second kappa shape index (κ2) is 7.26. The highest BCUT2D eigenvalue weighted by molar-refractivity contribution is 7.20. The van der Waals surface area contributed by atoms with Gasteiger partial charge in [0, 0.05) is 12.1 Å². The Morgan fingerprint density at radius 1 is 1.07 bits per heavy atom. The molecule has 0 fully saturated rings. The number of rotatable bonds is 5. The lowest BCUT2D eigenvalue weighted by molar-refractivity contribution is -0.394. The highest BCUT2D eigenvalue weighted by atomic mass is 35.5. The molecule has 27 heavy (non-hydrogen) atoms. The third-order valence-electron chi connectivity index (χ3n) is 3.12. The minimum atomic E-state index is -0.911. The van der Waals surface area contributed by atoms with Crippen LogP contribution in [0.5, 0.6) is 0 Å². The second-order valence-electron chi connectivity index (χ2n) is 4.86. The molecule has 1 N–H and O–H groups in total. The number of nitrogens with one attached hydrogen (secondary N) is 1. The van der Waals surface area contributed by atoms with Crippen LogP contribution in [0.25, 0.3) is 11.5 Å². The van der Waals surface area contributed by atoms with E-state index in [1.165, 1.54) is 6.07 Å². The van der Waals surface area contributed by atoms with Crippen molar-refractivity contribution in [2.24, 2.45) is 0 Å². The van der Waals surface area contributed by atoms with Crippen LogP contribution in [0.1, 0.15) is 10.4 Å². The van der Waals surface area contributed by atoms with Crippen molar-refractivity contribution in [3.8, 4) is 11.5 Å². The van der Waals surface area contributed by atoms with Crippen molar-refractivity contribution in [3.05, 3.63) is 58.7 Å². The minimum absolute atomic E-state index is 0.0107. The maximum atomic E-state index is 12.3. The van der Waals surface area contributed by atoms with Crippen LogP contribution in [0.4, 0.5) is 17.4 Å². The first kappa shape index (κ1) is 18.7. The average Bonchev–Trinajstić information content (AvgIpc) is 3.20. The molecule has 0 unspecified atom stereocenters. The third-order valence-corrected chi connectivity index (χ3v) is 4.61. The highest BCUT2D eigenvalue weighted by Gasteiger charge is 2.22. The summed E-state index contributed by atoms with van der Waals surface area (Å²) in [5.41, 5.74) is -1.18. The number of nitro groups is 2. The number of halogens is 2. The van der Waals surface area contributed by atoms with Gasteiger partial charge in [-0.3, -0.25) is 30.3 Å². The Morgan fingerprint density at radius 3 is 2.22 bits per heavy atom. The number of carbonyl (C=O) groups excluding carboxylic acids is 1. The third kappa shape index (κ3) is 4.02. The number of amides is 1. The zero-order valence-corrected chi connectivity index (χ0v) is 15.0. The summed E-state index contributed by atoms with van der Waals surface area (Å²) in [5, 5.41) is 31.3. The molecule has 0 atom stereocenters. The molecule has 0 aliphatic heterocycles. The van der Waals surface area contributed by atoms with Crippen LogP contribution in [-0.4, -0.2) is 26.0 Å². The van der Waals surface area contributed by atoms with Crippen LogP contribution in [0.15, 0.2) is 28.7 Å². The first-order valence-electron chi connectivity index (χ1n) is 6.78. The summed E-state index contributed by atoms with van der Waals surface area (Å²) in [6.07, 6.45) is 0. The van der Waals surface area contributed by atoms with E-state index in [4.69, 9.17) is 27.6 Å². The van der Waals surface area contributed by atoms with E-state index in [0.29, 0.717) is 14.2 Å². The Hall–Kier alpha value is -3.09. The lowest BCUT2D eigenvalue weighted by Gasteiger charge is -2.01. The summed E-state index contributed by atoms with van der Waals surface area (Å²) in [6.45, 7) is 0. The normalized spacial score (nSPS) is 10.6. The smallest absolute Gasteiger partial charge is 0.322 e. The number of hydrogen-bond donors (Lipinski definition) is 1. The molecule has 0 aliphatic rings. The summed E-state index contributed by atoms with van der Waals surface area (Å²) >= 11 is 12.9. The molecule has 1 amide bonds. The molecule has 2 heterocycles. The molecule has 11 nitrogen and oxygen atoms in total. The maximum Gasteiger partial charge on any atom is 0.322 e. The fraction of sp³-hybridized carbons (Fsp3) is 0. The fourth-order valence-electron chi connectivity index (χ4n) is 1.98. The molecule has 1 aromatic carbocycles. The van der Waals surface area contributed by atoms with Crippen LogP contribution in [0.2, 0.25) is 8.67 Å². The predicted molar refractivity (Wildman–Crippen MR) is 95.3 cm³/mol. The maximum absolute atomic E-state index is 12.3. The van der Waals surface area contributed by atoms with Gasteiger partial charge in [-0.2, -0.15) is 0 Å². The zero-order chi connectivity index (χ0) is 19.7. The molecule has 3 rings (SSSR count). The molecule has 0 saturated heterocycles. The van der Waals surface area contributed by atoms with Crippen molar-refractivity contribution >= 4 is 57.8 Å². The van der Waals surface area contributed by atoms with Gasteiger partial charge in [-0.05, 0) is 6.07 Å². The number of carbonyl (C=O) groups is 1. The molecule has 0 spiro atoms. The van der Waals surface area contributed by atoms with Gasteiger partial charge in [-0.1, -0.05) is 28.3 Å². The zero-order valence-electron chi connectivity index (χ0n) is 12.7. The largest absolute Gasteiger partial charge is 0.403 e. The van der Waals surface area contributed by atoms with E-state index in [9.17, 15) is 25.0 Å². The van der Waals surface area contributed by atoms with Crippen LogP contribution in [-0.2, 0) is 0 Å². The van der Waals surface area contributed by atoms with Gasteiger partial charge in [0.1, 0.15) is 4.34 Å². The van der Waals surface area contributed by atoms with Crippen LogP contribution in [0, 0.1) is 20.2 Å². The van der Waals surface area contributed by atoms with Gasteiger partial charge in [0.2, 0.25) is 0 Å². The van der Waals surface area contributed by atoms with Crippen molar-refractivity contribution in [1.29, 1.82) is 0 Å². The van der Waals surface area contributed by atoms with E-state index in [0.717, 1.165) is 29.5 Å². The van der Waals surface area contributed by atoms with E-state index in [1.807, 2.05) is 0 Å². The van der Waals surface area contributed by atoms with E-state index in [2.05, 4.69) is 15.5 Å². The predicted octanol–water partition coefficient (Wildman–Crippen LogP) is 4.17. The Morgan fingerprint density at radius 2 is 1.70 bits per heavy atom. The van der Waals surface area contributed by atoms with Crippen LogP contribution in [0.3, 0.4) is 0 Å². The molecule has 0 aliphatic carbocycles. The van der Waals surface area contributed by atoms with Crippen molar-refractivity contribution < 1.29 is 19.1 Å². The van der Waals surface area contributed by atoms with Gasteiger partial charge >= 0.3 is 6.01 Å². The van der Waals surface area contributed by atoms with Crippen molar-refractivity contribution in [1.82, 2.24) is 10.2 Å². The van der Waals surface area contributed by atoms with Crippen LogP contribution < -0.4 is 5.32 Å². The minimum Gasteiger partial charge on any atom is -0.403 e.